The van der Waals surface area contributed by atoms with E-state index in [-0.39, 0.29) is 11.8 Å². The van der Waals surface area contributed by atoms with Gasteiger partial charge in [0.2, 0.25) is 0 Å². The van der Waals surface area contributed by atoms with Crippen molar-refractivity contribution < 1.29 is 14.0 Å². The van der Waals surface area contributed by atoms with Gasteiger partial charge in [-0.25, -0.2) is 4.39 Å². The molecule has 0 bridgehead atoms. The van der Waals surface area contributed by atoms with E-state index in [0.717, 1.165) is 0 Å². The average Bonchev–Trinajstić information content (AvgIpc) is 2.62. The summed E-state index contributed by atoms with van der Waals surface area (Å²) < 4.78 is 12.9. The fourth-order valence-electron chi connectivity index (χ4n) is 2.31. The summed E-state index contributed by atoms with van der Waals surface area (Å²) in [6.45, 7) is 0. The molecule has 0 aromatic heterocycles. The molecule has 0 unspecified atom stereocenters. The lowest BCUT2D eigenvalue weighted by molar-refractivity contribution is 0.101. The molecule has 0 spiro atoms. The molecule has 130 valence electrons. The second-order valence-corrected chi connectivity index (χ2v) is 5.94. The van der Waals surface area contributed by atoms with Gasteiger partial charge in [-0.1, -0.05) is 23.7 Å². The first kappa shape index (κ1) is 17.6. The third-order valence-electron chi connectivity index (χ3n) is 3.57. The van der Waals surface area contributed by atoms with Crippen molar-refractivity contribution in [2.75, 3.05) is 10.6 Å². The van der Waals surface area contributed by atoms with Crippen LogP contribution < -0.4 is 10.6 Å². The summed E-state index contributed by atoms with van der Waals surface area (Å²) in [7, 11) is 0. The molecule has 3 rings (SSSR count). The zero-order valence-electron chi connectivity index (χ0n) is 13.5. The highest BCUT2D eigenvalue weighted by Gasteiger charge is 2.09. The van der Waals surface area contributed by atoms with E-state index in [1.165, 1.54) is 24.3 Å². The Morgan fingerprint density at radius 2 is 1.31 bits per heavy atom. The topological polar surface area (TPSA) is 58.2 Å². The Hall–Kier alpha value is -3.18. The number of carbonyl (C=O) groups is 2. The molecule has 6 heteroatoms. The molecule has 0 aliphatic heterocycles. The normalized spacial score (nSPS) is 10.2. The number of carbonyl (C=O) groups excluding carboxylic acids is 2. The smallest absolute Gasteiger partial charge is 0.255 e. The zero-order valence-corrected chi connectivity index (χ0v) is 14.3. The molecule has 0 saturated heterocycles. The molecule has 0 radical (unpaired) electrons. The Bertz CT molecular complexity index is 958. The highest BCUT2D eigenvalue weighted by Crippen LogP contribution is 2.18. The van der Waals surface area contributed by atoms with E-state index in [1.54, 1.807) is 48.5 Å². The molecule has 3 aromatic rings. The van der Waals surface area contributed by atoms with Crippen molar-refractivity contribution in [3.05, 3.63) is 94.8 Å². The number of halogens is 2. The minimum absolute atomic E-state index is 0.311. The highest BCUT2D eigenvalue weighted by atomic mass is 35.5. The van der Waals surface area contributed by atoms with Crippen LogP contribution in [0.5, 0.6) is 0 Å². The van der Waals surface area contributed by atoms with Gasteiger partial charge < -0.3 is 10.6 Å². The van der Waals surface area contributed by atoms with Crippen molar-refractivity contribution in [1.29, 1.82) is 0 Å². The van der Waals surface area contributed by atoms with Crippen LogP contribution >= 0.6 is 11.6 Å². The van der Waals surface area contributed by atoms with Gasteiger partial charge in [0.15, 0.2) is 0 Å². The summed E-state index contributed by atoms with van der Waals surface area (Å²) in [5.41, 5.74) is 1.79. The van der Waals surface area contributed by atoms with Crippen LogP contribution in [0.15, 0.2) is 72.8 Å². The highest BCUT2D eigenvalue weighted by molar-refractivity contribution is 6.31. The van der Waals surface area contributed by atoms with Gasteiger partial charge in [0, 0.05) is 27.5 Å². The van der Waals surface area contributed by atoms with Gasteiger partial charge >= 0.3 is 0 Å². The Kier molecular flexibility index (Phi) is 5.29. The molecule has 0 aliphatic carbocycles. The maximum Gasteiger partial charge on any atom is 0.255 e. The summed E-state index contributed by atoms with van der Waals surface area (Å²) in [5, 5.41) is 5.92. The van der Waals surface area contributed by atoms with Gasteiger partial charge in [-0.2, -0.15) is 0 Å². The predicted octanol–water partition coefficient (Wildman–Crippen LogP) is 4.98. The lowest BCUT2D eigenvalue weighted by Crippen LogP contribution is -2.14. The zero-order chi connectivity index (χ0) is 18.5. The summed E-state index contributed by atoms with van der Waals surface area (Å²) >= 11 is 5.89. The predicted molar refractivity (Wildman–Crippen MR) is 100 cm³/mol. The molecule has 0 saturated carbocycles. The monoisotopic (exact) mass is 368 g/mol. The van der Waals surface area contributed by atoms with Crippen LogP contribution in [-0.4, -0.2) is 11.8 Å². The van der Waals surface area contributed by atoms with E-state index in [9.17, 15) is 14.0 Å². The molecule has 0 fully saturated rings. The first-order valence-electron chi connectivity index (χ1n) is 7.75. The summed E-state index contributed by atoms with van der Waals surface area (Å²) in [5.74, 6) is -1.09. The van der Waals surface area contributed by atoms with Gasteiger partial charge in [0.05, 0.1) is 0 Å². The maximum atomic E-state index is 12.9. The quantitative estimate of drug-likeness (QED) is 0.682. The van der Waals surface area contributed by atoms with Crippen LogP contribution in [0.3, 0.4) is 0 Å². The fourth-order valence-corrected chi connectivity index (χ4v) is 2.50. The lowest BCUT2D eigenvalue weighted by atomic mass is 10.2. The van der Waals surface area contributed by atoms with Crippen LogP contribution in [0, 0.1) is 5.82 Å². The van der Waals surface area contributed by atoms with Gasteiger partial charge in [-0.15, -0.1) is 0 Å². The molecule has 0 atom stereocenters. The van der Waals surface area contributed by atoms with E-state index in [0.29, 0.717) is 27.5 Å². The minimum Gasteiger partial charge on any atom is -0.322 e. The SMILES string of the molecule is O=C(Nc1cccc(NC(=O)c2cccc(Cl)c2)c1)c1ccc(F)cc1. The number of anilines is 2. The van der Waals surface area contributed by atoms with E-state index >= 15 is 0 Å². The van der Waals surface area contributed by atoms with Crippen molar-refractivity contribution in [3.8, 4) is 0 Å². The second kappa shape index (κ2) is 7.80. The van der Waals surface area contributed by atoms with Gasteiger partial charge in [0.1, 0.15) is 5.82 Å². The largest absolute Gasteiger partial charge is 0.322 e. The average molecular weight is 369 g/mol. The van der Waals surface area contributed by atoms with E-state index in [2.05, 4.69) is 10.6 Å². The van der Waals surface area contributed by atoms with E-state index in [1.807, 2.05) is 0 Å². The summed E-state index contributed by atoms with van der Waals surface area (Å²) in [6, 6.07) is 18.6. The first-order valence-corrected chi connectivity index (χ1v) is 8.13. The van der Waals surface area contributed by atoms with Crippen molar-refractivity contribution >= 4 is 34.8 Å². The summed E-state index contributed by atoms with van der Waals surface area (Å²) in [4.78, 5) is 24.4. The third kappa shape index (κ3) is 4.46. The van der Waals surface area contributed by atoms with E-state index < -0.39 is 5.82 Å². The van der Waals surface area contributed by atoms with Crippen LogP contribution in [0.2, 0.25) is 5.02 Å². The molecule has 3 aromatic carbocycles. The number of nitrogens with one attached hydrogen (secondary N) is 2. The molecule has 4 nitrogen and oxygen atoms in total. The first-order chi connectivity index (χ1) is 12.5. The van der Waals surface area contributed by atoms with Crippen LogP contribution in [0.1, 0.15) is 20.7 Å². The van der Waals surface area contributed by atoms with Crippen molar-refractivity contribution in [2.24, 2.45) is 0 Å². The third-order valence-corrected chi connectivity index (χ3v) is 3.81. The Morgan fingerprint density at radius 1 is 0.731 bits per heavy atom. The van der Waals surface area contributed by atoms with Gasteiger partial charge in [0.25, 0.3) is 11.8 Å². The fraction of sp³-hybridized carbons (Fsp3) is 0. The lowest BCUT2D eigenvalue weighted by Gasteiger charge is -2.09. The Labute approximate surface area is 154 Å². The molecular formula is C20H14ClFN2O2. The molecule has 0 aliphatic rings. The Balaban J connectivity index is 1.71. The molecule has 0 heterocycles. The van der Waals surface area contributed by atoms with E-state index in [4.69, 9.17) is 11.6 Å². The van der Waals surface area contributed by atoms with Crippen LogP contribution in [-0.2, 0) is 0 Å². The molecular weight excluding hydrogens is 355 g/mol. The van der Waals surface area contributed by atoms with Crippen molar-refractivity contribution in [1.82, 2.24) is 0 Å². The van der Waals surface area contributed by atoms with Gasteiger partial charge in [-0.3, -0.25) is 9.59 Å². The maximum absolute atomic E-state index is 12.9. The Morgan fingerprint density at radius 3 is 1.92 bits per heavy atom. The number of hydrogen-bond donors (Lipinski definition) is 2. The van der Waals surface area contributed by atoms with Crippen LogP contribution in [0.4, 0.5) is 15.8 Å². The van der Waals surface area contributed by atoms with Crippen molar-refractivity contribution in [2.45, 2.75) is 0 Å². The number of rotatable bonds is 4. The molecule has 26 heavy (non-hydrogen) atoms. The minimum atomic E-state index is -0.410. The van der Waals surface area contributed by atoms with Gasteiger partial charge in [-0.05, 0) is 60.7 Å². The number of benzene rings is 3. The second-order valence-electron chi connectivity index (χ2n) is 5.51. The van der Waals surface area contributed by atoms with Crippen LogP contribution in [0.25, 0.3) is 0 Å². The number of hydrogen-bond acceptors (Lipinski definition) is 2. The number of amides is 2. The molecule has 2 N–H and O–H groups in total. The standard InChI is InChI=1S/C20H14ClFN2O2/c21-15-4-1-3-14(11-15)20(26)24-18-6-2-5-17(12-18)23-19(25)13-7-9-16(22)10-8-13/h1-12H,(H,23,25)(H,24,26). The molecule has 2 amide bonds. The van der Waals surface area contributed by atoms with Crippen molar-refractivity contribution in [3.63, 3.8) is 0 Å². The summed E-state index contributed by atoms with van der Waals surface area (Å²) in [6.07, 6.45) is 0.